The van der Waals surface area contributed by atoms with Gasteiger partial charge in [-0.05, 0) is 49.6 Å². The van der Waals surface area contributed by atoms with Crippen LogP contribution in [-0.2, 0) is 10.2 Å². The number of nitrogens with zero attached hydrogens (tertiary/aromatic N) is 1. The number of para-hydroxylation sites is 1. The lowest BCUT2D eigenvalue weighted by Gasteiger charge is -2.28. The summed E-state index contributed by atoms with van der Waals surface area (Å²) in [4.78, 5) is 15.0. The van der Waals surface area contributed by atoms with Crippen molar-refractivity contribution in [1.29, 1.82) is 0 Å². The summed E-state index contributed by atoms with van der Waals surface area (Å²) >= 11 is 3.50. The highest BCUT2D eigenvalue weighted by molar-refractivity contribution is 9.10. The number of carbonyl (C=O) groups excluding carboxylic acids is 1. The summed E-state index contributed by atoms with van der Waals surface area (Å²) in [5, 5.41) is 3.16. The van der Waals surface area contributed by atoms with Crippen LogP contribution in [0.4, 0.5) is 5.69 Å². The van der Waals surface area contributed by atoms with Crippen molar-refractivity contribution in [3.8, 4) is 0 Å². The van der Waals surface area contributed by atoms with Crippen LogP contribution in [0.2, 0.25) is 0 Å². The third-order valence-corrected chi connectivity index (χ3v) is 5.44. The standard InChI is InChI=1S/C20H23BrN2O/c1-15(23(2)18-9-4-3-5-10-18)14-22-19(24)20(11-12-20)16-7-6-8-17(21)13-16/h3-10,13,15H,11-12,14H2,1-2H3,(H,22,24). The number of benzene rings is 2. The van der Waals surface area contributed by atoms with Crippen molar-refractivity contribution < 1.29 is 4.79 Å². The van der Waals surface area contributed by atoms with Crippen LogP contribution in [0.15, 0.2) is 59.1 Å². The van der Waals surface area contributed by atoms with E-state index in [0.29, 0.717) is 6.54 Å². The van der Waals surface area contributed by atoms with Crippen LogP contribution in [-0.4, -0.2) is 25.5 Å². The van der Waals surface area contributed by atoms with Crippen molar-refractivity contribution in [3.63, 3.8) is 0 Å². The number of anilines is 1. The quantitative estimate of drug-likeness (QED) is 0.809. The minimum Gasteiger partial charge on any atom is -0.370 e. The first-order valence-electron chi connectivity index (χ1n) is 8.35. The van der Waals surface area contributed by atoms with Gasteiger partial charge in [-0.25, -0.2) is 0 Å². The molecule has 0 saturated heterocycles. The minimum absolute atomic E-state index is 0.147. The molecular weight excluding hydrogens is 364 g/mol. The summed E-state index contributed by atoms with van der Waals surface area (Å²) in [6.07, 6.45) is 1.86. The zero-order valence-corrected chi connectivity index (χ0v) is 15.7. The molecule has 1 aliphatic rings. The second kappa shape index (κ2) is 6.98. The summed E-state index contributed by atoms with van der Waals surface area (Å²) < 4.78 is 1.02. The first-order valence-corrected chi connectivity index (χ1v) is 9.14. The molecule has 0 aliphatic heterocycles. The number of rotatable bonds is 6. The molecule has 24 heavy (non-hydrogen) atoms. The van der Waals surface area contributed by atoms with E-state index in [4.69, 9.17) is 0 Å². The predicted octanol–water partition coefficient (Wildman–Crippen LogP) is 4.12. The maximum absolute atomic E-state index is 12.8. The van der Waals surface area contributed by atoms with E-state index >= 15 is 0 Å². The molecule has 1 fully saturated rings. The zero-order valence-electron chi connectivity index (χ0n) is 14.1. The largest absolute Gasteiger partial charge is 0.370 e. The van der Waals surface area contributed by atoms with Crippen LogP contribution in [0.25, 0.3) is 0 Å². The third-order valence-electron chi connectivity index (χ3n) is 4.94. The molecule has 1 atom stereocenters. The topological polar surface area (TPSA) is 32.3 Å². The van der Waals surface area contributed by atoms with E-state index in [9.17, 15) is 4.79 Å². The monoisotopic (exact) mass is 386 g/mol. The molecule has 1 unspecified atom stereocenters. The van der Waals surface area contributed by atoms with Gasteiger partial charge in [-0.3, -0.25) is 4.79 Å². The SMILES string of the molecule is CC(CNC(=O)C1(c2cccc(Br)c2)CC1)N(C)c1ccccc1. The molecule has 0 radical (unpaired) electrons. The molecule has 0 aromatic heterocycles. The molecule has 1 N–H and O–H groups in total. The molecule has 0 heterocycles. The molecule has 126 valence electrons. The Kier molecular flexibility index (Phi) is 4.95. The molecule has 0 spiro atoms. The zero-order chi connectivity index (χ0) is 17.2. The highest BCUT2D eigenvalue weighted by Gasteiger charge is 2.51. The molecule has 4 heteroatoms. The van der Waals surface area contributed by atoms with Gasteiger partial charge in [-0.1, -0.05) is 46.3 Å². The van der Waals surface area contributed by atoms with Crippen molar-refractivity contribution in [1.82, 2.24) is 5.32 Å². The summed E-state index contributed by atoms with van der Waals surface area (Å²) in [5.41, 5.74) is 1.94. The molecule has 2 aromatic carbocycles. The molecule has 3 nitrogen and oxygen atoms in total. The summed E-state index contributed by atoms with van der Waals surface area (Å²) in [6.45, 7) is 2.77. The Hall–Kier alpha value is -1.81. The lowest BCUT2D eigenvalue weighted by molar-refractivity contribution is -0.123. The molecule has 3 rings (SSSR count). The van der Waals surface area contributed by atoms with E-state index in [2.05, 4.69) is 64.4 Å². The van der Waals surface area contributed by atoms with Crippen LogP contribution in [0.5, 0.6) is 0 Å². The van der Waals surface area contributed by atoms with Gasteiger partial charge in [0.2, 0.25) is 5.91 Å². The number of carbonyl (C=O) groups is 1. The van der Waals surface area contributed by atoms with E-state index in [1.165, 1.54) is 0 Å². The normalized spacial score (nSPS) is 16.3. The number of hydrogen-bond acceptors (Lipinski definition) is 2. The smallest absolute Gasteiger partial charge is 0.230 e. The molecule has 2 aromatic rings. The highest BCUT2D eigenvalue weighted by Crippen LogP contribution is 2.48. The Labute approximate surface area is 152 Å². The number of likely N-dealkylation sites (N-methyl/N-ethyl adjacent to an activating group) is 1. The summed E-state index contributed by atoms with van der Waals surface area (Å²) in [5.74, 6) is 0.147. The van der Waals surface area contributed by atoms with Crippen LogP contribution >= 0.6 is 15.9 Å². The maximum atomic E-state index is 12.8. The first kappa shape index (κ1) is 17.0. The minimum atomic E-state index is -0.325. The van der Waals surface area contributed by atoms with Gasteiger partial charge in [-0.2, -0.15) is 0 Å². The molecule has 0 bridgehead atoms. The summed E-state index contributed by atoms with van der Waals surface area (Å²) in [6, 6.07) is 18.6. The maximum Gasteiger partial charge on any atom is 0.230 e. The van der Waals surface area contributed by atoms with Crippen molar-refractivity contribution in [2.75, 3.05) is 18.5 Å². The first-order chi connectivity index (χ1) is 11.5. The molecule has 1 aliphatic carbocycles. The second-order valence-corrected chi connectivity index (χ2v) is 7.51. The average Bonchev–Trinajstić information content (AvgIpc) is 3.41. The van der Waals surface area contributed by atoms with Gasteiger partial charge in [-0.15, -0.1) is 0 Å². The molecule has 1 amide bonds. The predicted molar refractivity (Wildman–Crippen MR) is 102 cm³/mol. The fourth-order valence-corrected chi connectivity index (χ4v) is 3.42. The van der Waals surface area contributed by atoms with Gasteiger partial charge >= 0.3 is 0 Å². The lowest BCUT2D eigenvalue weighted by Crippen LogP contribution is -2.43. The van der Waals surface area contributed by atoms with Gasteiger partial charge in [0.15, 0.2) is 0 Å². The van der Waals surface area contributed by atoms with Gasteiger partial charge in [0.1, 0.15) is 0 Å². The highest BCUT2D eigenvalue weighted by atomic mass is 79.9. The van der Waals surface area contributed by atoms with Crippen LogP contribution in [0.3, 0.4) is 0 Å². The third kappa shape index (κ3) is 3.48. The van der Waals surface area contributed by atoms with E-state index < -0.39 is 0 Å². The van der Waals surface area contributed by atoms with Crippen molar-refractivity contribution in [3.05, 3.63) is 64.6 Å². The van der Waals surface area contributed by atoms with Crippen LogP contribution in [0.1, 0.15) is 25.3 Å². The van der Waals surface area contributed by atoms with E-state index in [1.54, 1.807) is 0 Å². The summed E-state index contributed by atoms with van der Waals surface area (Å²) in [7, 11) is 2.06. The van der Waals surface area contributed by atoms with E-state index in [-0.39, 0.29) is 17.4 Å². The van der Waals surface area contributed by atoms with E-state index in [1.807, 2.05) is 30.3 Å². The van der Waals surface area contributed by atoms with Crippen LogP contribution < -0.4 is 10.2 Å². The Morgan fingerprint density at radius 2 is 1.92 bits per heavy atom. The van der Waals surface area contributed by atoms with Gasteiger partial charge in [0.05, 0.1) is 5.41 Å². The Morgan fingerprint density at radius 1 is 1.21 bits per heavy atom. The fraction of sp³-hybridized carbons (Fsp3) is 0.350. The Morgan fingerprint density at radius 3 is 2.54 bits per heavy atom. The number of halogens is 1. The number of hydrogen-bond donors (Lipinski definition) is 1. The average molecular weight is 387 g/mol. The molecule has 1 saturated carbocycles. The van der Waals surface area contributed by atoms with E-state index in [0.717, 1.165) is 28.6 Å². The Bertz CT molecular complexity index is 713. The molecular formula is C20H23BrN2O. The van der Waals surface area contributed by atoms with Crippen molar-refractivity contribution in [2.24, 2.45) is 0 Å². The second-order valence-electron chi connectivity index (χ2n) is 6.60. The Balaban J connectivity index is 1.61. The van der Waals surface area contributed by atoms with Gasteiger partial charge in [0.25, 0.3) is 0 Å². The number of nitrogens with one attached hydrogen (secondary N) is 1. The lowest BCUT2D eigenvalue weighted by atomic mass is 9.95. The van der Waals surface area contributed by atoms with Crippen molar-refractivity contribution in [2.45, 2.75) is 31.2 Å². The number of amides is 1. The fourth-order valence-electron chi connectivity index (χ4n) is 3.02. The van der Waals surface area contributed by atoms with Crippen molar-refractivity contribution >= 4 is 27.5 Å². The van der Waals surface area contributed by atoms with Crippen LogP contribution in [0, 0.1) is 0 Å². The van der Waals surface area contributed by atoms with Gasteiger partial charge < -0.3 is 10.2 Å². The van der Waals surface area contributed by atoms with Gasteiger partial charge in [0, 0.05) is 29.8 Å².